The molecular formula is C14H19N5O. The van der Waals surface area contributed by atoms with Crippen LogP contribution in [-0.4, -0.2) is 27.4 Å². The van der Waals surface area contributed by atoms with Crippen LogP contribution in [0.25, 0.3) is 0 Å². The minimum absolute atomic E-state index is 0.0172. The van der Waals surface area contributed by atoms with Crippen molar-refractivity contribution in [1.29, 1.82) is 0 Å². The largest absolute Gasteiger partial charge is 0.349 e. The molecule has 2 aromatic rings. The zero-order valence-electron chi connectivity index (χ0n) is 11.8. The number of aromatic nitrogens is 3. The van der Waals surface area contributed by atoms with Gasteiger partial charge in [0.1, 0.15) is 5.69 Å². The summed E-state index contributed by atoms with van der Waals surface area (Å²) in [7, 11) is 0. The van der Waals surface area contributed by atoms with Crippen LogP contribution in [0.15, 0.2) is 24.4 Å². The summed E-state index contributed by atoms with van der Waals surface area (Å²) >= 11 is 0. The highest BCUT2D eigenvalue weighted by Gasteiger charge is 2.04. The molecule has 0 fully saturated rings. The topological polar surface area (TPSA) is 85.8 Å². The van der Waals surface area contributed by atoms with Gasteiger partial charge in [0.2, 0.25) is 5.91 Å². The minimum Gasteiger partial charge on any atom is -0.349 e. The van der Waals surface area contributed by atoms with Gasteiger partial charge in [-0.3, -0.25) is 4.79 Å². The molecule has 3 N–H and O–H groups in total. The molecule has 0 saturated carbocycles. The molecule has 0 aliphatic rings. The number of rotatable bonds is 5. The van der Waals surface area contributed by atoms with Crippen LogP contribution in [0.5, 0.6) is 0 Å². The summed E-state index contributed by atoms with van der Waals surface area (Å²) in [5, 5.41) is 10.7. The van der Waals surface area contributed by atoms with Gasteiger partial charge in [-0.1, -0.05) is 34.5 Å². The standard InChI is InChI=1S/C14H19N5O/c1-10-3-11(2)5-12(4-10)8-19-9-13(17-18-19)7-16-14(20)6-15/h3-5,9H,6-8,15H2,1-2H3,(H,16,20). The highest BCUT2D eigenvalue weighted by Crippen LogP contribution is 2.10. The molecule has 6 nitrogen and oxygen atoms in total. The second-order valence-electron chi connectivity index (χ2n) is 4.88. The Morgan fingerprint density at radius 1 is 1.30 bits per heavy atom. The van der Waals surface area contributed by atoms with E-state index in [9.17, 15) is 4.79 Å². The van der Waals surface area contributed by atoms with E-state index in [1.165, 1.54) is 16.7 Å². The van der Waals surface area contributed by atoms with Gasteiger partial charge in [0, 0.05) is 0 Å². The Kier molecular flexibility index (Phi) is 4.47. The summed E-state index contributed by atoms with van der Waals surface area (Å²) in [5.74, 6) is -0.200. The first-order valence-electron chi connectivity index (χ1n) is 6.50. The number of aryl methyl sites for hydroxylation is 2. The van der Waals surface area contributed by atoms with E-state index in [-0.39, 0.29) is 12.5 Å². The van der Waals surface area contributed by atoms with Crippen LogP contribution in [-0.2, 0) is 17.9 Å². The lowest BCUT2D eigenvalue weighted by Crippen LogP contribution is -2.29. The van der Waals surface area contributed by atoms with E-state index < -0.39 is 0 Å². The molecule has 2 rings (SSSR count). The van der Waals surface area contributed by atoms with Gasteiger partial charge in [-0.2, -0.15) is 0 Å². The van der Waals surface area contributed by atoms with E-state index in [0.717, 1.165) is 5.69 Å². The van der Waals surface area contributed by atoms with Gasteiger partial charge in [0.05, 0.1) is 25.8 Å². The second-order valence-corrected chi connectivity index (χ2v) is 4.88. The molecule has 0 atom stereocenters. The fraction of sp³-hybridized carbons (Fsp3) is 0.357. The van der Waals surface area contributed by atoms with Gasteiger partial charge in [-0.05, 0) is 19.4 Å². The van der Waals surface area contributed by atoms with Crippen molar-refractivity contribution in [3.63, 3.8) is 0 Å². The quantitative estimate of drug-likeness (QED) is 0.831. The zero-order chi connectivity index (χ0) is 14.5. The van der Waals surface area contributed by atoms with Gasteiger partial charge in [0.25, 0.3) is 0 Å². The Morgan fingerprint density at radius 2 is 2.00 bits per heavy atom. The molecule has 0 aliphatic heterocycles. The number of hydrogen-bond acceptors (Lipinski definition) is 4. The van der Waals surface area contributed by atoms with Crippen molar-refractivity contribution in [2.24, 2.45) is 5.73 Å². The molecule has 0 unspecified atom stereocenters. The average Bonchev–Trinajstić information content (AvgIpc) is 2.82. The first-order chi connectivity index (χ1) is 9.56. The molecule has 1 amide bonds. The van der Waals surface area contributed by atoms with E-state index in [1.807, 2.05) is 6.20 Å². The zero-order valence-corrected chi connectivity index (χ0v) is 11.8. The van der Waals surface area contributed by atoms with Crippen molar-refractivity contribution in [2.75, 3.05) is 6.54 Å². The summed E-state index contributed by atoms with van der Waals surface area (Å²) in [4.78, 5) is 11.1. The number of carbonyl (C=O) groups is 1. The average molecular weight is 273 g/mol. The molecule has 0 bridgehead atoms. The van der Waals surface area contributed by atoms with Crippen LogP contribution in [0.4, 0.5) is 0 Å². The number of nitrogens with one attached hydrogen (secondary N) is 1. The van der Waals surface area contributed by atoms with E-state index in [4.69, 9.17) is 5.73 Å². The van der Waals surface area contributed by atoms with Crippen molar-refractivity contribution in [2.45, 2.75) is 26.9 Å². The van der Waals surface area contributed by atoms with Crippen molar-refractivity contribution >= 4 is 5.91 Å². The smallest absolute Gasteiger partial charge is 0.234 e. The number of nitrogens with zero attached hydrogens (tertiary/aromatic N) is 3. The predicted molar refractivity (Wildman–Crippen MR) is 75.9 cm³/mol. The molecule has 6 heteroatoms. The fourth-order valence-electron chi connectivity index (χ4n) is 2.11. The van der Waals surface area contributed by atoms with Crippen molar-refractivity contribution in [3.05, 3.63) is 46.8 Å². The van der Waals surface area contributed by atoms with Crippen LogP contribution in [0.2, 0.25) is 0 Å². The maximum atomic E-state index is 11.1. The number of nitrogens with two attached hydrogens (primary N) is 1. The van der Waals surface area contributed by atoms with Gasteiger partial charge in [0.15, 0.2) is 0 Å². The van der Waals surface area contributed by atoms with Crippen LogP contribution >= 0.6 is 0 Å². The molecule has 0 saturated heterocycles. The summed E-state index contributed by atoms with van der Waals surface area (Å²) in [6.07, 6.45) is 1.83. The monoisotopic (exact) mass is 273 g/mol. The third-order valence-electron chi connectivity index (χ3n) is 2.86. The number of benzene rings is 1. The maximum Gasteiger partial charge on any atom is 0.234 e. The second kappa shape index (κ2) is 6.29. The summed E-state index contributed by atoms with van der Waals surface area (Å²) in [5.41, 5.74) is 9.59. The number of carbonyl (C=O) groups excluding carboxylic acids is 1. The molecule has 1 heterocycles. The Labute approximate surface area is 118 Å². The number of hydrogen-bond donors (Lipinski definition) is 2. The Hall–Kier alpha value is -2.21. The van der Waals surface area contributed by atoms with E-state index in [2.05, 4.69) is 47.7 Å². The maximum absolute atomic E-state index is 11.1. The molecule has 0 radical (unpaired) electrons. The lowest BCUT2D eigenvalue weighted by Gasteiger charge is -2.04. The van der Waals surface area contributed by atoms with Crippen LogP contribution in [0.3, 0.4) is 0 Å². The molecule has 0 aliphatic carbocycles. The third-order valence-corrected chi connectivity index (χ3v) is 2.86. The number of amides is 1. The van der Waals surface area contributed by atoms with Crippen molar-refractivity contribution in [1.82, 2.24) is 20.3 Å². The van der Waals surface area contributed by atoms with Crippen LogP contribution in [0.1, 0.15) is 22.4 Å². The first-order valence-corrected chi connectivity index (χ1v) is 6.50. The van der Waals surface area contributed by atoms with E-state index in [1.54, 1.807) is 4.68 Å². The summed E-state index contributed by atoms with van der Waals surface area (Å²) < 4.78 is 1.76. The minimum atomic E-state index is -0.200. The molecule has 0 spiro atoms. The molecule has 1 aromatic heterocycles. The normalized spacial score (nSPS) is 10.6. The lowest BCUT2D eigenvalue weighted by atomic mass is 10.1. The highest BCUT2D eigenvalue weighted by atomic mass is 16.1. The highest BCUT2D eigenvalue weighted by molar-refractivity contribution is 5.77. The third kappa shape index (κ3) is 3.89. The Bertz CT molecular complexity index is 585. The summed E-state index contributed by atoms with van der Waals surface area (Å²) in [6, 6.07) is 6.40. The van der Waals surface area contributed by atoms with Crippen molar-refractivity contribution < 1.29 is 4.79 Å². The van der Waals surface area contributed by atoms with Crippen LogP contribution < -0.4 is 11.1 Å². The summed E-state index contributed by atoms with van der Waals surface area (Å²) in [6.45, 7) is 5.15. The fourth-order valence-corrected chi connectivity index (χ4v) is 2.11. The Morgan fingerprint density at radius 3 is 2.65 bits per heavy atom. The first kappa shape index (κ1) is 14.2. The SMILES string of the molecule is Cc1cc(C)cc(Cn2cc(CNC(=O)CN)nn2)c1. The van der Waals surface area contributed by atoms with Gasteiger partial charge in [-0.15, -0.1) is 5.10 Å². The Balaban J connectivity index is 2.00. The molecular weight excluding hydrogens is 254 g/mol. The van der Waals surface area contributed by atoms with Gasteiger partial charge >= 0.3 is 0 Å². The van der Waals surface area contributed by atoms with Gasteiger partial charge in [-0.25, -0.2) is 4.68 Å². The molecule has 20 heavy (non-hydrogen) atoms. The molecule has 1 aromatic carbocycles. The van der Waals surface area contributed by atoms with E-state index >= 15 is 0 Å². The lowest BCUT2D eigenvalue weighted by molar-refractivity contribution is -0.119. The molecule has 106 valence electrons. The van der Waals surface area contributed by atoms with Crippen molar-refractivity contribution in [3.8, 4) is 0 Å². The van der Waals surface area contributed by atoms with Gasteiger partial charge < -0.3 is 11.1 Å². The predicted octanol–water partition coefficient (Wildman–Crippen LogP) is 0.518. The van der Waals surface area contributed by atoms with E-state index in [0.29, 0.717) is 13.1 Å². The van der Waals surface area contributed by atoms with Crippen LogP contribution in [0, 0.1) is 13.8 Å².